The Morgan fingerprint density at radius 2 is 2.19 bits per heavy atom. The standard InChI is InChI=1S/C13H16BrClN2O2S2/c1-2-9-3-5-13(8-16,6-4-9)17-21(18,19)11-7-10(15)12(14)20-11/h7,9,17H,2-6H2,1H3. The number of nitriles is 1. The molecule has 1 aromatic rings. The molecule has 0 atom stereocenters. The molecule has 8 heteroatoms. The number of nitrogens with zero attached hydrogens (tertiary/aromatic N) is 1. The normalized spacial score (nSPS) is 26.5. The van der Waals surface area contributed by atoms with Crippen LogP contribution in [0.15, 0.2) is 14.1 Å². The summed E-state index contributed by atoms with van der Waals surface area (Å²) < 4.78 is 28.2. The van der Waals surface area contributed by atoms with Crippen molar-refractivity contribution in [2.75, 3.05) is 0 Å². The smallest absolute Gasteiger partial charge is 0.206 e. The maximum absolute atomic E-state index is 12.4. The zero-order chi connectivity index (χ0) is 15.7. The second-order valence-corrected chi connectivity index (χ2v) is 10.0. The second kappa shape index (κ2) is 6.55. The van der Waals surface area contributed by atoms with Crippen LogP contribution in [0, 0.1) is 17.2 Å². The molecule has 0 saturated heterocycles. The minimum absolute atomic E-state index is 0.131. The lowest BCUT2D eigenvalue weighted by atomic mass is 9.77. The van der Waals surface area contributed by atoms with Gasteiger partial charge in [0.2, 0.25) is 0 Å². The molecule has 0 aromatic carbocycles. The number of hydrogen-bond acceptors (Lipinski definition) is 4. The molecule has 1 N–H and O–H groups in total. The summed E-state index contributed by atoms with van der Waals surface area (Å²) in [4.78, 5) is 0. The van der Waals surface area contributed by atoms with Crippen LogP contribution in [-0.2, 0) is 10.0 Å². The summed E-state index contributed by atoms with van der Waals surface area (Å²) in [5, 5.41) is 9.82. The van der Waals surface area contributed by atoms with E-state index in [2.05, 4.69) is 33.6 Å². The van der Waals surface area contributed by atoms with Gasteiger partial charge in [-0.15, -0.1) is 11.3 Å². The largest absolute Gasteiger partial charge is 0.251 e. The van der Waals surface area contributed by atoms with Gasteiger partial charge < -0.3 is 0 Å². The fourth-order valence-electron chi connectivity index (χ4n) is 2.58. The van der Waals surface area contributed by atoms with Crippen LogP contribution < -0.4 is 4.72 Å². The van der Waals surface area contributed by atoms with Crippen LogP contribution >= 0.6 is 38.9 Å². The lowest BCUT2D eigenvalue weighted by Gasteiger charge is -2.34. The molecule has 1 aliphatic rings. The molecule has 0 radical (unpaired) electrons. The molecule has 0 aliphatic heterocycles. The van der Waals surface area contributed by atoms with Gasteiger partial charge in [-0.2, -0.15) is 9.98 Å². The molecule has 1 heterocycles. The number of hydrogen-bond donors (Lipinski definition) is 1. The predicted molar refractivity (Wildman–Crippen MR) is 87.9 cm³/mol. The summed E-state index contributed by atoms with van der Waals surface area (Å²) >= 11 is 10.2. The molecule has 0 amide bonds. The molecule has 2 rings (SSSR count). The van der Waals surface area contributed by atoms with Crippen molar-refractivity contribution in [2.45, 2.75) is 48.8 Å². The molecular formula is C13H16BrClN2O2S2. The van der Waals surface area contributed by atoms with E-state index >= 15 is 0 Å². The molecule has 1 fully saturated rings. The van der Waals surface area contributed by atoms with E-state index < -0.39 is 15.6 Å². The monoisotopic (exact) mass is 410 g/mol. The molecular weight excluding hydrogens is 396 g/mol. The van der Waals surface area contributed by atoms with Crippen molar-refractivity contribution in [3.8, 4) is 6.07 Å². The lowest BCUT2D eigenvalue weighted by Crippen LogP contribution is -2.49. The number of thiophene rings is 1. The van der Waals surface area contributed by atoms with E-state index in [-0.39, 0.29) is 4.21 Å². The number of nitrogens with one attached hydrogen (secondary N) is 1. The Hall–Kier alpha value is -0.130. The number of sulfonamides is 1. The highest BCUT2D eigenvalue weighted by Gasteiger charge is 2.39. The van der Waals surface area contributed by atoms with Gasteiger partial charge in [0.15, 0.2) is 0 Å². The Labute approximate surface area is 142 Å². The van der Waals surface area contributed by atoms with Gasteiger partial charge in [0.25, 0.3) is 10.0 Å². The van der Waals surface area contributed by atoms with Crippen molar-refractivity contribution in [1.29, 1.82) is 5.26 Å². The van der Waals surface area contributed by atoms with Gasteiger partial charge in [0, 0.05) is 0 Å². The van der Waals surface area contributed by atoms with E-state index in [9.17, 15) is 13.7 Å². The van der Waals surface area contributed by atoms with Gasteiger partial charge >= 0.3 is 0 Å². The molecule has 116 valence electrons. The molecule has 0 bridgehead atoms. The van der Waals surface area contributed by atoms with Crippen molar-refractivity contribution < 1.29 is 8.42 Å². The minimum atomic E-state index is -3.72. The third-order valence-corrected chi connectivity index (χ3v) is 8.45. The van der Waals surface area contributed by atoms with Gasteiger partial charge in [-0.1, -0.05) is 24.9 Å². The quantitative estimate of drug-likeness (QED) is 0.802. The molecule has 0 unspecified atom stereocenters. The highest BCUT2D eigenvalue weighted by atomic mass is 79.9. The fraction of sp³-hybridized carbons (Fsp3) is 0.615. The Balaban J connectivity index is 2.20. The Bertz CT molecular complexity index is 639. The Kier molecular flexibility index (Phi) is 5.37. The summed E-state index contributed by atoms with van der Waals surface area (Å²) in [5.74, 6) is 0.585. The van der Waals surface area contributed by atoms with Crippen molar-refractivity contribution in [1.82, 2.24) is 4.72 Å². The first-order chi connectivity index (χ1) is 9.82. The van der Waals surface area contributed by atoms with Gasteiger partial charge in [-0.3, -0.25) is 0 Å². The maximum atomic E-state index is 12.4. The van der Waals surface area contributed by atoms with E-state index in [1.54, 1.807) is 0 Å². The average Bonchev–Trinajstić information content (AvgIpc) is 2.80. The van der Waals surface area contributed by atoms with Crippen LogP contribution in [0.5, 0.6) is 0 Å². The molecule has 0 spiro atoms. The first-order valence-electron chi connectivity index (χ1n) is 6.72. The van der Waals surface area contributed by atoms with Crippen LogP contribution in [-0.4, -0.2) is 14.0 Å². The first kappa shape index (κ1) is 17.2. The zero-order valence-electron chi connectivity index (χ0n) is 11.5. The molecule has 21 heavy (non-hydrogen) atoms. The summed E-state index contributed by atoms with van der Waals surface area (Å²) in [6.07, 6.45) is 3.94. The highest BCUT2D eigenvalue weighted by molar-refractivity contribution is 9.11. The van der Waals surface area contributed by atoms with E-state index in [1.807, 2.05) is 0 Å². The second-order valence-electron chi connectivity index (χ2n) is 5.34. The number of rotatable bonds is 4. The van der Waals surface area contributed by atoms with Crippen LogP contribution in [0.1, 0.15) is 39.0 Å². The van der Waals surface area contributed by atoms with Crippen molar-refractivity contribution in [2.24, 2.45) is 5.92 Å². The van der Waals surface area contributed by atoms with Crippen LogP contribution in [0.2, 0.25) is 5.02 Å². The molecule has 1 aliphatic carbocycles. The van der Waals surface area contributed by atoms with E-state index in [0.717, 1.165) is 30.6 Å². The number of halogens is 2. The van der Waals surface area contributed by atoms with Gasteiger partial charge in [0.1, 0.15) is 9.75 Å². The average molecular weight is 412 g/mol. The lowest BCUT2D eigenvalue weighted by molar-refractivity contribution is 0.259. The van der Waals surface area contributed by atoms with E-state index in [1.165, 1.54) is 6.07 Å². The zero-order valence-corrected chi connectivity index (χ0v) is 15.5. The third kappa shape index (κ3) is 3.80. The van der Waals surface area contributed by atoms with Crippen molar-refractivity contribution in [3.05, 3.63) is 14.9 Å². The molecule has 4 nitrogen and oxygen atoms in total. The SMILES string of the molecule is CCC1CCC(C#N)(NS(=O)(=O)c2cc(Cl)c(Br)s2)CC1. The fourth-order valence-corrected chi connectivity index (χ4v) is 6.36. The molecule has 1 aromatic heterocycles. The third-order valence-electron chi connectivity index (χ3n) is 3.97. The maximum Gasteiger partial charge on any atom is 0.251 e. The van der Waals surface area contributed by atoms with Crippen LogP contribution in [0.25, 0.3) is 0 Å². The summed E-state index contributed by atoms with van der Waals surface area (Å²) in [6.45, 7) is 2.12. The minimum Gasteiger partial charge on any atom is -0.206 e. The predicted octanol–water partition coefficient (Wildman–Crippen LogP) is 4.30. The first-order valence-corrected chi connectivity index (χ1v) is 10.2. The van der Waals surface area contributed by atoms with Gasteiger partial charge in [-0.05, 0) is 53.6 Å². The molecule has 1 saturated carbocycles. The van der Waals surface area contributed by atoms with Crippen molar-refractivity contribution in [3.63, 3.8) is 0 Å². The summed E-state index contributed by atoms with van der Waals surface area (Å²) in [7, 11) is -3.72. The Morgan fingerprint density at radius 1 is 1.57 bits per heavy atom. The summed E-state index contributed by atoms with van der Waals surface area (Å²) in [5.41, 5.74) is -0.993. The van der Waals surface area contributed by atoms with Gasteiger partial charge in [-0.25, -0.2) is 8.42 Å². The Morgan fingerprint density at radius 3 is 2.62 bits per heavy atom. The summed E-state index contributed by atoms with van der Waals surface area (Å²) in [6, 6.07) is 3.58. The van der Waals surface area contributed by atoms with Crippen molar-refractivity contribution >= 4 is 48.9 Å². The van der Waals surface area contributed by atoms with Crippen LogP contribution in [0.3, 0.4) is 0 Å². The topological polar surface area (TPSA) is 70.0 Å². The van der Waals surface area contributed by atoms with Crippen LogP contribution in [0.4, 0.5) is 0 Å². The van der Waals surface area contributed by atoms with E-state index in [0.29, 0.717) is 27.6 Å². The highest BCUT2D eigenvalue weighted by Crippen LogP contribution is 2.37. The van der Waals surface area contributed by atoms with Gasteiger partial charge in [0.05, 0.1) is 14.9 Å². The van der Waals surface area contributed by atoms with E-state index in [4.69, 9.17) is 11.6 Å².